The summed E-state index contributed by atoms with van der Waals surface area (Å²) in [5, 5.41) is 75.2. The summed E-state index contributed by atoms with van der Waals surface area (Å²) < 4.78 is 0. The van der Waals surface area contributed by atoms with Crippen LogP contribution in [0.15, 0.2) is 97.5 Å². The number of amides is 18. The lowest BCUT2D eigenvalue weighted by Crippen LogP contribution is -2.61. The molecule has 3 heterocycles. The molecule has 46 nitrogen and oxygen atoms in total. The molecule has 130 heavy (non-hydrogen) atoms. The summed E-state index contributed by atoms with van der Waals surface area (Å²) in [6.07, 6.45) is -0.142. The van der Waals surface area contributed by atoms with Gasteiger partial charge in [0.25, 0.3) is 0 Å². The molecule has 0 bridgehead atoms. The third-order valence-corrected chi connectivity index (χ3v) is 21.3. The molecule has 0 saturated carbocycles. The number of nitrogens with two attached hydrogens (primary N) is 4. The molecule has 28 N–H and O–H groups in total. The number of carbonyl (C=O) groups excluding carboxylic acids is 18. The Morgan fingerprint density at radius 3 is 1.52 bits per heavy atom. The van der Waals surface area contributed by atoms with Crippen molar-refractivity contribution in [2.45, 2.75) is 195 Å². The Balaban J connectivity index is 1.07. The number of aliphatic hydroxyl groups is 1. The second-order valence-electron chi connectivity index (χ2n) is 31.4. The first-order valence-electron chi connectivity index (χ1n) is 41.8. The minimum Gasteiger partial charge on any atom is -0.508 e. The van der Waals surface area contributed by atoms with E-state index < -0.39 is 235 Å². The molecule has 0 spiro atoms. The number of H-pyrrole nitrogens is 1. The molecule has 3 aromatic carbocycles. The number of nitrogens with one attached hydrogen (secondary N) is 17. The molecule has 0 aliphatic carbocycles. The number of aromatic nitrogens is 2. The van der Waals surface area contributed by atoms with Crippen molar-refractivity contribution < 1.29 is 106 Å². The van der Waals surface area contributed by atoms with E-state index in [9.17, 15) is 106 Å². The summed E-state index contributed by atoms with van der Waals surface area (Å²) in [6.45, 7) is 1.63. The lowest BCUT2D eigenvalue weighted by Gasteiger charge is -2.31. The fourth-order valence-corrected chi connectivity index (χ4v) is 14.3. The number of phenols is 1. The van der Waals surface area contributed by atoms with E-state index in [2.05, 4.69) is 115 Å². The molecule has 0 unspecified atom stereocenters. The third kappa shape index (κ3) is 35.6. The fourth-order valence-electron chi connectivity index (χ4n) is 13.8. The summed E-state index contributed by atoms with van der Waals surface area (Å²) in [4.78, 5) is 267. The number of nitrogens with zero attached hydrogens (tertiary/aromatic N) is 3. The van der Waals surface area contributed by atoms with Crippen LogP contribution in [0.25, 0.3) is 0 Å². The number of likely N-dealkylation sites (tertiary alicyclic amines) is 2. The molecule has 0 radical (unpaired) electrons. The Kier molecular flexibility index (Phi) is 43.2. The fraction of sp³-hybridized carbons (Fsp3) is 0.500. The molecule has 2 aliphatic rings. The molecule has 18 amide bonds. The number of imidazole rings is 1. The van der Waals surface area contributed by atoms with E-state index in [1.54, 1.807) is 74.5 Å². The number of aliphatic hydroxyl groups excluding tert-OH is 1. The van der Waals surface area contributed by atoms with Gasteiger partial charge in [-0.1, -0.05) is 86.6 Å². The van der Waals surface area contributed by atoms with Crippen molar-refractivity contribution in [1.82, 2.24) is 99.5 Å². The van der Waals surface area contributed by atoms with Crippen LogP contribution in [0.4, 0.5) is 0 Å². The van der Waals surface area contributed by atoms with Gasteiger partial charge in [0.15, 0.2) is 5.96 Å². The number of aromatic hydroxyl groups is 1. The van der Waals surface area contributed by atoms with Crippen molar-refractivity contribution in [3.05, 3.63) is 120 Å². The van der Waals surface area contributed by atoms with E-state index in [-0.39, 0.29) is 120 Å². The lowest BCUT2D eigenvalue weighted by atomic mass is 10.0. The molecular formula is C82H116N24O22S2. The highest BCUT2D eigenvalue weighted by Gasteiger charge is 2.42. The summed E-state index contributed by atoms with van der Waals surface area (Å²) in [5.74, 6) is -19.5. The maximum atomic E-state index is 14.8. The first kappa shape index (κ1) is 105. The highest BCUT2D eigenvalue weighted by atomic mass is 32.1. The van der Waals surface area contributed by atoms with Crippen LogP contribution in [0.3, 0.4) is 0 Å². The molecule has 6 rings (SSSR count). The summed E-state index contributed by atoms with van der Waals surface area (Å²) >= 11 is 8.48. The molecule has 14 atom stereocenters. The average Bonchev–Trinajstić information content (AvgIpc) is 1.64. The molecular weight excluding hydrogens is 1740 g/mol. The van der Waals surface area contributed by atoms with Crippen molar-refractivity contribution >= 4 is 144 Å². The van der Waals surface area contributed by atoms with E-state index in [1.165, 1.54) is 41.7 Å². The molecule has 48 heteroatoms. The van der Waals surface area contributed by atoms with E-state index in [1.807, 2.05) is 0 Å². The number of rotatable bonds is 53. The van der Waals surface area contributed by atoms with Gasteiger partial charge in [-0.2, -0.15) is 25.3 Å². The number of thiol groups is 2. The minimum absolute atomic E-state index is 0.0286. The highest BCUT2D eigenvalue weighted by Crippen LogP contribution is 2.23. The van der Waals surface area contributed by atoms with E-state index in [0.717, 1.165) is 11.8 Å². The van der Waals surface area contributed by atoms with Crippen molar-refractivity contribution in [3.63, 3.8) is 0 Å². The maximum absolute atomic E-state index is 14.8. The second kappa shape index (κ2) is 53.3. The minimum atomic E-state index is -1.82. The summed E-state index contributed by atoms with van der Waals surface area (Å²) in [5.41, 5.74) is 23.8. The van der Waals surface area contributed by atoms with Gasteiger partial charge in [0.05, 0.1) is 51.1 Å². The first-order valence-corrected chi connectivity index (χ1v) is 43.1. The zero-order valence-corrected chi connectivity index (χ0v) is 73.6. The first-order chi connectivity index (χ1) is 61.7. The van der Waals surface area contributed by atoms with Gasteiger partial charge in [-0.25, -0.2) is 9.78 Å². The van der Waals surface area contributed by atoms with Gasteiger partial charge in [-0.3, -0.25) is 91.7 Å². The van der Waals surface area contributed by atoms with E-state index in [0.29, 0.717) is 28.8 Å². The van der Waals surface area contributed by atoms with Crippen molar-refractivity contribution in [1.29, 1.82) is 5.41 Å². The average molecular weight is 1850 g/mol. The highest BCUT2D eigenvalue weighted by molar-refractivity contribution is 7.80. The number of carboxylic acid groups (broad SMARTS) is 1. The van der Waals surface area contributed by atoms with Crippen LogP contribution < -0.4 is 103 Å². The zero-order chi connectivity index (χ0) is 95.8. The number of benzene rings is 3. The van der Waals surface area contributed by atoms with Gasteiger partial charge < -0.3 is 133 Å². The van der Waals surface area contributed by atoms with Crippen LogP contribution in [0.2, 0.25) is 0 Å². The lowest BCUT2D eigenvalue weighted by molar-refractivity contribution is -0.148. The quantitative estimate of drug-likeness (QED) is 0.00845. The third-order valence-electron chi connectivity index (χ3n) is 20.6. The number of guanidine groups is 1. The number of primary amides is 2. The van der Waals surface area contributed by atoms with Gasteiger partial charge in [0, 0.05) is 75.1 Å². The molecule has 2 aliphatic heterocycles. The van der Waals surface area contributed by atoms with Crippen LogP contribution in [0.1, 0.15) is 107 Å². The number of aliphatic carboxylic acids is 1. The maximum Gasteiger partial charge on any atom is 0.326 e. The summed E-state index contributed by atoms with van der Waals surface area (Å²) in [6, 6.07) is 3.33. The number of carboxylic acids is 1. The van der Waals surface area contributed by atoms with Crippen LogP contribution >= 0.6 is 25.3 Å². The van der Waals surface area contributed by atoms with Crippen molar-refractivity contribution in [2.75, 3.05) is 57.3 Å². The number of hydrogen-bond donors (Lipinski definition) is 26. The van der Waals surface area contributed by atoms with Crippen LogP contribution in [0.5, 0.6) is 5.75 Å². The largest absolute Gasteiger partial charge is 0.508 e. The van der Waals surface area contributed by atoms with Gasteiger partial charge in [0.2, 0.25) is 106 Å². The van der Waals surface area contributed by atoms with Gasteiger partial charge in [-0.15, -0.1) is 0 Å². The number of phenolic OH excluding ortho intramolecular Hbond substituents is 1. The van der Waals surface area contributed by atoms with E-state index >= 15 is 0 Å². The number of hydrogen-bond acceptors (Lipinski definition) is 26. The van der Waals surface area contributed by atoms with E-state index in [4.69, 9.17) is 28.3 Å². The summed E-state index contributed by atoms with van der Waals surface area (Å²) in [7, 11) is 0. The monoisotopic (exact) mass is 1850 g/mol. The normalized spacial score (nSPS) is 16.1. The Labute approximate surface area is 758 Å². The van der Waals surface area contributed by atoms with Crippen molar-refractivity contribution in [2.24, 2.45) is 28.9 Å². The SMILES string of the molecule is CC(C)C[C@H](NC(=O)CNC(=O)CNC(=O)[C@H](Cc1ccccc1)NC(=O)[C@H](Cc1cnc[nH]1)NC(=O)CNC(=O)[C@@H](NC(=O)[C@@H](CS)NC(=O)[C@H](Cc1ccccc1)NC(=O)[C@H](CCCNC(=N)N)NC(=O)[C@@H](N)CCC(N)=O)[C@@H](C)O)C(=O)N[C@@H](Cc1ccc(O)cc1)C(=O)N1CCC[C@H]1C(=O)N[C@@H](CS)C(=O)N[C@@H](CC(N)=O)C(=O)NCC(=O)N1CCC[C@H]1C(=O)O. The Morgan fingerprint density at radius 1 is 0.492 bits per heavy atom. The Morgan fingerprint density at radius 2 is 0.962 bits per heavy atom. The molecule has 2 saturated heterocycles. The van der Waals surface area contributed by atoms with Gasteiger partial charge >= 0.3 is 5.97 Å². The van der Waals surface area contributed by atoms with Crippen LogP contribution in [-0.2, 0) is 117 Å². The Bertz CT molecular complexity index is 4620. The Hall–Kier alpha value is -13.5. The van der Waals surface area contributed by atoms with Crippen LogP contribution in [0, 0.1) is 11.3 Å². The second-order valence-corrected chi connectivity index (χ2v) is 32.1. The topological polar surface area (TPSA) is 729 Å². The smallest absolute Gasteiger partial charge is 0.326 e. The molecule has 4 aromatic rings. The van der Waals surface area contributed by atoms with Crippen molar-refractivity contribution in [3.8, 4) is 5.75 Å². The predicted octanol–water partition coefficient (Wildman–Crippen LogP) is -8.22. The van der Waals surface area contributed by atoms with Crippen LogP contribution in [-0.4, -0.2) is 295 Å². The zero-order valence-electron chi connectivity index (χ0n) is 71.8. The van der Waals surface area contributed by atoms with Gasteiger partial charge in [0.1, 0.15) is 78.3 Å². The molecule has 2 fully saturated rings. The number of carbonyl (C=O) groups is 19. The van der Waals surface area contributed by atoms with Gasteiger partial charge in [-0.05, 0) is 93.0 Å². The molecule has 1 aromatic heterocycles. The molecule has 708 valence electrons. The standard InChI is InChI=1S/C82H116N24O22S2/c1-43(2)29-52(73(119)101-57(32-47-20-22-49(108)23-21-47)80(126)106-28-11-18-60(106)78(124)103-58(40-129)76(122)100-56(34-63(85)110)71(117)93-39-67(114)105-27-12-19-61(105)81(127)128)95-65(112)37-90-64(111)36-91-70(116)53(30-45-13-6-4-7-14-45)98-75(121)55(33-48-35-88-42-94-48)96-66(113)38-92-79(125)68(44(3)107)104-77(123)59(41-130)102-74(120)54(31-46-15-8-5-9-16-46)99-72(118)51(17-10-26-89-82(86)87)97-69(115)50(83)24-25-62(84)109/h4-9,13-16,20-23,35,42-44,50-61,68,107-108,129-130H,10-12,17-19,24-34,36-41,83H2,1-3H3,(H2,84,109)(H2,85,110)(H,88,94)(H,90,111)(H,91,116)(H,92,125)(H,93,117)(H,95,112)(H,96,113)(H,97,115)(H,98,121)(H,99,118)(H,100,122)(H,101,119)(H,102,120)(H,103,124)(H,104,123)(H,127,128)(H4,86,87,89)/t44-,50+,51+,52+,53+,54+,55+,56+,57+,58+,59-,60+,61+,68+/m1/s1. The number of aromatic amines is 1. The predicted molar refractivity (Wildman–Crippen MR) is 471 cm³/mol.